The predicted octanol–water partition coefficient (Wildman–Crippen LogP) is 4.69. The number of amides is 2. The zero-order chi connectivity index (χ0) is 23.2. The summed E-state index contributed by atoms with van der Waals surface area (Å²) in [4.78, 5) is 27.0. The van der Waals surface area contributed by atoms with Crippen LogP contribution in [0, 0.1) is 5.92 Å². The molecule has 0 unspecified atom stereocenters. The molecule has 0 bridgehead atoms. The Balaban J connectivity index is 2.23. The quantitative estimate of drug-likeness (QED) is 0.638. The fraction of sp³-hybridized carbons (Fsp3) is 0.600. The molecular weight excluding hydrogens is 392 g/mol. The lowest BCUT2D eigenvalue weighted by Gasteiger charge is -2.35. The number of rotatable bonds is 7. The van der Waals surface area contributed by atoms with E-state index in [-0.39, 0.29) is 11.9 Å². The molecule has 31 heavy (non-hydrogen) atoms. The molecule has 1 aliphatic rings. The Morgan fingerprint density at radius 1 is 1.23 bits per heavy atom. The Hall–Kier alpha value is -2.34. The largest absolute Gasteiger partial charge is 0.444 e. The zero-order valence-corrected chi connectivity index (χ0v) is 20.0. The van der Waals surface area contributed by atoms with Crippen molar-refractivity contribution >= 4 is 12.0 Å². The summed E-state index contributed by atoms with van der Waals surface area (Å²) in [5.74, 6) is 0.372. The highest BCUT2D eigenvalue weighted by atomic mass is 16.6. The van der Waals surface area contributed by atoms with Gasteiger partial charge in [-0.3, -0.25) is 9.69 Å². The highest BCUT2D eigenvalue weighted by Gasteiger charge is 2.50. The Bertz CT molecular complexity index is 765. The van der Waals surface area contributed by atoms with Crippen LogP contribution >= 0.6 is 0 Å². The Labute approximate surface area is 187 Å². The van der Waals surface area contributed by atoms with Gasteiger partial charge in [0.1, 0.15) is 11.3 Å². The molecular formula is C25H38N2O4. The van der Waals surface area contributed by atoms with Crippen molar-refractivity contribution in [3.8, 4) is 0 Å². The number of nitrogens with zero attached hydrogens (tertiary/aromatic N) is 1. The van der Waals surface area contributed by atoms with Crippen LogP contribution < -0.4 is 5.32 Å². The normalized spacial score (nSPS) is 21.0. The van der Waals surface area contributed by atoms with Gasteiger partial charge in [-0.25, -0.2) is 4.79 Å². The van der Waals surface area contributed by atoms with Crippen LogP contribution in [0.3, 0.4) is 0 Å². The van der Waals surface area contributed by atoms with Crippen LogP contribution in [0.5, 0.6) is 0 Å². The van der Waals surface area contributed by atoms with E-state index in [2.05, 4.69) is 19.2 Å². The van der Waals surface area contributed by atoms with Crippen LogP contribution in [0.1, 0.15) is 60.5 Å². The fourth-order valence-electron chi connectivity index (χ4n) is 3.64. The average molecular weight is 431 g/mol. The van der Waals surface area contributed by atoms with E-state index in [9.17, 15) is 9.59 Å². The van der Waals surface area contributed by atoms with Gasteiger partial charge in [-0.2, -0.15) is 0 Å². The molecule has 2 rings (SSSR count). The zero-order valence-electron chi connectivity index (χ0n) is 20.0. The number of carbonyl (C=O) groups is 2. The van der Waals surface area contributed by atoms with Crippen molar-refractivity contribution in [3.05, 3.63) is 48.0 Å². The third-order valence-corrected chi connectivity index (χ3v) is 5.05. The molecule has 1 N–H and O–H groups in total. The molecule has 0 aliphatic carbocycles. The standard InChI is InChI=1S/C25H38N2O4/c1-18(2)15-16-26-22(28)14-13-21-20(17-19-11-9-8-10-12-19)27(25(6,7)30-21)23(29)31-24(3,4)5/h8-14,18,20-21H,15-17H2,1-7H3,(H,26,28)/t20-,21+/m0/s1. The number of benzene rings is 1. The Kier molecular flexibility index (Phi) is 8.29. The summed E-state index contributed by atoms with van der Waals surface area (Å²) in [7, 11) is 0. The van der Waals surface area contributed by atoms with Crippen LogP contribution in [0.15, 0.2) is 42.5 Å². The molecule has 0 saturated carbocycles. The summed E-state index contributed by atoms with van der Waals surface area (Å²) in [5, 5.41) is 2.90. The summed E-state index contributed by atoms with van der Waals surface area (Å²) in [6.45, 7) is 14.1. The van der Waals surface area contributed by atoms with Crippen molar-refractivity contribution in [3.63, 3.8) is 0 Å². The van der Waals surface area contributed by atoms with Crippen LogP contribution in [-0.2, 0) is 20.7 Å². The maximum absolute atomic E-state index is 13.1. The second kappa shape index (κ2) is 10.3. The average Bonchev–Trinajstić information content (AvgIpc) is 2.88. The first-order valence-corrected chi connectivity index (χ1v) is 11.1. The van der Waals surface area contributed by atoms with Gasteiger partial charge in [-0.05, 0) is 65.0 Å². The first-order valence-electron chi connectivity index (χ1n) is 11.1. The van der Waals surface area contributed by atoms with Gasteiger partial charge in [0.15, 0.2) is 0 Å². The van der Waals surface area contributed by atoms with Crippen molar-refractivity contribution in [2.24, 2.45) is 5.92 Å². The van der Waals surface area contributed by atoms with E-state index in [4.69, 9.17) is 9.47 Å². The maximum Gasteiger partial charge on any atom is 0.412 e. The summed E-state index contributed by atoms with van der Waals surface area (Å²) in [6, 6.07) is 9.66. The van der Waals surface area contributed by atoms with Crippen molar-refractivity contribution in [2.75, 3.05) is 6.54 Å². The second-order valence-corrected chi connectivity index (χ2v) is 9.97. The summed E-state index contributed by atoms with van der Waals surface area (Å²) >= 11 is 0. The van der Waals surface area contributed by atoms with Gasteiger partial charge in [0, 0.05) is 12.6 Å². The molecule has 0 radical (unpaired) electrons. The van der Waals surface area contributed by atoms with Gasteiger partial charge >= 0.3 is 6.09 Å². The van der Waals surface area contributed by atoms with E-state index >= 15 is 0 Å². The fourth-order valence-corrected chi connectivity index (χ4v) is 3.64. The number of hydrogen-bond acceptors (Lipinski definition) is 4. The molecule has 0 aromatic heterocycles. The monoisotopic (exact) mass is 430 g/mol. The Morgan fingerprint density at radius 2 is 1.87 bits per heavy atom. The third kappa shape index (κ3) is 7.69. The molecule has 1 aliphatic heterocycles. The second-order valence-electron chi connectivity index (χ2n) is 9.97. The van der Waals surface area contributed by atoms with Crippen molar-refractivity contribution in [1.29, 1.82) is 0 Å². The minimum absolute atomic E-state index is 0.156. The van der Waals surface area contributed by atoms with Crippen LogP contribution in [0.2, 0.25) is 0 Å². The highest BCUT2D eigenvalue weighted by Crippen LogP contribution is 2.36. The molecule has 2 amide bonds. The molecule has 172 valence electrons. The van der Waals surface area contributed by atoms with Crippen molar-refractivity contribution in [1.82, 2.24) is 10.2 Å². The van der Waals surface area contributed by atoms with E-state index in [0.717, 1.165) is 12.0 Å². The molecule has 1 heterocycles. The lowest BCUT2D eigenvalue weighted by molar-refractivity contribution is -0.116. The molecule has 1 saturated heterocycles. The van der Waals surface area contributed by atoms with Gasteiger partial charge in [0.05, 0.1) is 12.1 Å². The maximum atomic E-state index is 13.1. The molecule has 1 aromatic carbocycles. The SMILES string of the molecule is CC(C)CCNC(=O)C=C[C@H]1OC(C)(C)N(C(=O)OC(C)(C)C)[C@H]1Cc1ccccc1. The summed E-state index contributed by atoms with van der Waals surface area (Å²) < 4.78 is 11.9. The van der Waals surface area contributed by atoms with Gasteiger partial charge < -0.3 is 14.8 Å². The van der Waals surface area contributed by atoms with Gasteiger partial charge in [0.2, 0.25) is 5.91 Å². The molecule has 2 atom stereocenters. The van der Waals surface area contributed by atoms with Gasteiger partial charge in [-0.15, -0.1) is 0 Å². The molecule has 1 fully saturated rings. The Morgan fingerprint density at radius 3 is 2.45 bits per heavy atom. The molecule has 6 heteroatoms. The molecule has 1 aromatic rings. The third-order valence-electron chi connectivity index (χ3n) is 5.05. The minimum atomic E-state index is -0.870. The van der Waals surface area contributed by atoms with Crippen LogP contribution in [0.25, 0.3) is 0 Å². The first kappa shape index (κ1) is 24.9. The number of ether oxygens (including phenoxy) is 2. The van der Waals surface area contributed by atoms with E-state index < -0.39 is 23.5 Å². The number of hydrogen-bond donors (Lipinski definition) is 1. The van der Waals surface area contributed by atoms with Gasteiger partial charge in [0.25, 0.3) is 0 Å². The lowest BCUT2D eigenvalue weighted by Crippen LogP contribution is -2.50. The summed E-state index contributed by atoms with van der Waals surface area (Å²) in [6.07, 6.45) is 3.93. The predicted molar refractivity (Wildman–Crippen MR) is 123 cm³/mol. The first-order chi connectivity index (χ1) is 14.4. The number of carbonyl (C=O) groups excluding carboxylic acids is 2. The van der Waals surface area contributed by atoms with Crippen molar-refractivity contribution < 1.29 is 19.1 Å². The molecule has 0 spiro atoms. The van der Waals surface area contributed by atoms with E-state index in [1.165, 1.54) is 6.08 Å². The van der Waals surface area contributed by atoms with Gasteiger partial charge in [-0.1, -0.05) is 44.2 Å². The topological polar surface area (TPSA) is 67.9 Å². The van der Waals surface area contributed by atoms with Crippen LogP contribution in [0.4, 0.5) is 4.79 Å². The van der Waals surface area contributed by atoms with Crippen LogP contribution in [-0.4, -0.2) is 46.9 Å². The number of nitrogens with one attached hydrogen (secondary N) is 1. The van der Waals surface area contributed by atoms with E-state index in [0.29, 0.717) is 18.9 Å². The minimum Gasteiger partial charge on any atom is -0.444 e. The molecule has 6 nitrogen and oxygen atoms in total. The van der Waals surface area contributed by atoms with Crippen molar-refractivity contribution in [2.45, 2.75) is 84.8 Å². The lowest BCUT2D eigenvalue weighted by atomic mass is 10.00. The van der Waals surface area contributed by atoms with E-state index in [1.54, 1.807) is 11.0 Å². The summed E-state index contributed by atoms with van der Waals surface area (Å²) in [5.41, 5.74) is -0.401. The highest BCUT2D eigenvalue weighted by molar-refractivity contribution is 5.87. The smallest absolute Gasteiger partial charge is 0.412 e. The van der Waals surface area contributed by atoms with E-state index in [1.807, 2.05) is 65.0 Å².